The van der Waals surface area contributed by atoms with Gasteiger partial charge in [-0.3, -0.25) is 19.2 Å². The topological polar surface area (TPSA) is 96.8 Å². The SMILES string of the molecule is CC[NH+](CC(=O)Nc1cccc2c1C(=O)c1ccccc1C2=O)CC(=O)NC(C)(C)C. The van der Waals surface area contributed by atoms with E-state index in [1.54, 1.807) is 42.5 Å². The number of rotatable bonds is 6. The van der Waals surface area contributed by atoms with Crippen LogP contribution in [0.3, 0.4) is 0 Å². The van der Waals surface area contributed by atoms with Crippen LogP contribution in [0.4, 0.5) is 5.69 Å². The number of likely N-dealkylation sites (N-methyl/N-ethyl adjacent to an activating group) is 1. The quantitative estimate of drug-likeness (QED) is 0.557. The molecule has 0 bridgehead atoms. The van der Waals surface area contributed by atoms with Crippen molar-refractivity contribution in [2.24, 2.45) is 0 Å². The summed E-state index contributed by atoms with van der Waals surface area (Å²) in [5.41, 5.74) is 1.17. The lowest BCUT2D eigenvalue weighted by Gasteiger charge is -2.23. The Balaban J connectivity index is 1.76. The summed E-state index contributed by atoms with van der Waals surface area (Å²) in [6, 6.07) is 11.5. The van der Waals surface area contributed by atoms with Crippen molar-refractivity contribution >= 4 is 29.1 Å². The average molecular weight is 423 g/mol. The number of ketones is 2. The molecule has 1 unspecified atom stereocenters. The summed E-state index contributed by atoms with van der Waals surface area (Å²) >= 11 is 0. The third-order valence-corrected chi connectivity index (χ3v) is 5.06. The van der Waals surface area contributed by atoms with E-state index in [-0.39, 0.29) is 53.1 Å². The summed E-state index contributed by atoms with van der Waals surface area (Å²) in [5.74, 6) is -0.981. The van der Waals surface area contributed by atoms with Crippen LogP contribution in [0.25, 0.3) is 0 Å². The van der Waals surface area contributed by atoms with Crippen LogP contribution in [0, 0.1) is 0 Å². The zero-order valence-corrected chi connectivity index (χ0v) is 18.3. The monoisotopic (exact) mass is 422 g/mol. The number of hydrogen-bond donors (Lipinski definition) is 3. The first-order valence-corrected chi connectivity index (χ1v) is 10.4. The molecule has 7 nitrogen and oxygen atoms in total. The second kappa shape index (κ2) is 8.81. The highest BCUT2D eigenvalue weighted by molar-refractivity contribution is 6.30. The van der Waals surface area contributed by atoms with E-state index in [1.165, 1.54) is 0 Å². The van der Waals surface area contributed by atoms with Crippen LogP contribution >= 0.6 is 0 Å². The second-order valence-electron chi connectivity index (χ2n) is 8.74. The van der Waals surface area contributed by atoms with Crippen molar-refractivity contribution in [3.05, 3.63) is 64.7 Å². The van der Waals surface area contributed by atoms with E-state index in [0.717, 1.165) is 4.90 Å². The summed E-state index contributed by atoms with van der Waals surface area (Å²) < 4.78 is 0. The van der Waals surface area contributed by atoms with Gasteiger partial charge in [0.25, 0.3) is 11.8 Å². The van der Waals surface area contributed by atoms with Gasteiger partial charge in [-0.25, -0.2) is 0 Å². The van der Waals surface area contributed by atoms with Gasteiger partial charge in [0.15, 0.2) is 24.7 Å². The van der Waals surface area contributed by atoms with E-state index in [9.17, 15) is 19.2 Å². The Morgan fingerprint density at radius 3 is 2.03 bits per heavy atom. The largest absolute Gasteiger partial charge is 0.347 e. The Morgan fingerprint density at radius 1 is 0.839 bits per heavy atom. The number of amides is 2. The summed E-state index contributed by atoms with van der Waals surface area (Å²) in [6.45, 7) is 8.42. The number of hydrogen-bond acceptors (Lipinski definition) is 4. The van der Waals surface area contributed by atoms with Crippen molar-refractivity contribution in [3.63, 3.8) is 0 Å². The lowest BCUT2D eigenvalue weighted by molar-refractivity contribution is -0.881. The summed E-state index contributed by atoms with van der Waals surface area (Å²) in [6.07, 6.45) is 0. The predicted octanol–water partition coefficient (Wildman–Crippen LogP) is 1.22. The molecule has 0 heterocycles. The van der Waals surface area contributed by atoms with E-state index < -0.39 is 0 Å². The van der Waals surface area contributed by atoms with Gasteiger partial charge < -0.3 is 15.5 Å². The van der Waals surface area contributed by atoms with Crippen molar-refractivity contribution in [3.8, 4) is 0 Å². The molecular weight excluding hydrogens is 394 g/mol. The maximum absolute atomic E-state index is 13.1. The van der Waals surface area contributed by atoms with Crippen molar-refractivity contribution in [2.75, 3.05) is 25.0 Å². The number of nitrogens with one attached hydrogen (secondary N) is 3. The Hall–Kier alpha value is -3.32. The van der Waals surface area contributed by atoms with Crippen LogP contribution in [0.1, 0.15) is 59.5 Å². The highest BCUT2D eigenvalue weighted by atomic mass is 16.2. The fourth-order valence-electron chi connectivity index (χ4n) is 3.67. The molecular formula is C24H28N3O4+. The minimum atomic E-state index is -0.343. The number of fused-ring (bicyclic) bond motifs is 2. The van der Waals surface area contributed by atoms with Crippen LogP contribution < -0.4 is 15.5 Å². The fraction of sp³-hybridized carbons (Fsp3) is 0.333. The molecule has 7 heteroatoms. The van der Waals surface area contributed by atoms with Crippen molar-refractivity contribution in [1.82, 2.24) is 5.32 Å². The van der Waals surface area contributed by atoms with Crippen molar-refractivity contribution in [1.29, 1.82) is 0 Å². The first-order valence-electron chi connectivity index (χ1n) is 10.4. The molecule has 162 valence electrons. The molecule has 0 spiro atoms. The van der Waals surface area contributed by atoms with Crippen molar-refractivity contribution < 1.29 is 24.1 Å². The van der Waals surface area contributed by atoms with Gasteiger partial charge in [-0.15, -0.1) is 0 Å². The molecule has 2 aromatic rings. The van der Waals surface area contributed by atoms with Gasteiger partial charge in [0.2, 0.25) is 0 Å². The Kier molecular flexibility index (Phi) is 6.36. The van der Waals surface area contributed by atoms with Crippen LogP contribution in [-0.4, -0.2) is 48.6 Å². The van der Waals surface area contributed by atoms with Gasteiger partial charge in [-0.1, -0.05) is 36.4 Å². The van der Waals surface area contributed by atoms with Crippen LogP contribution in [0.2, 0.25) is 0 Å². The molecule has 1 aliphatic rings. The Morgan fingerprint density at radius 2 is 1.42 bits per heavy atom. The summed E-state index contributed by atoms with van der Waals surface area (Å²) in [7, 11) is 0. The number of anilines is 1. The maximum Gasteiger partial charge on any atom is 0.279 e. The highest BCUT2D eigenvalue weighted by Gasteiger charge is 2.32. The summed E-state index contributed by atoms with van der Waals surface area (Å²) in [4.78, 5) is 51.6. The molecule has 0 aliphatic heterocycles. The minimum Gasteiger partial charge on any atom is -0.347 e. The highest BCUT2D eigenvalue weighted by Crippen LogP contribution is 2.31. The average Bonchev–Trinajstić information content (AvgIpc) is 2.70. The van der Waals surface area contributed by atoms with E-state index >= 15 is 0 Å². The van der Waals surface area contributed by atoms with Crippen molar-refractivity contribution in [2.45, 2.75) is 33.2 Å². The molecule has 0 radical (unpaired) electrons. The van der Waals surface area contributed by atoms with Crippen LogP contribution in [-0.2, 0) is 9.59 Å². The second-order valence-corrected chi connectivity index (χ2v) is 8.74. The first kappa shape index (κ1) is 22.4. The Labute approximate surface area is 181 Å². The van der Waals surface area contributed by atoms with Gasteiger partial charge in [0, 0.05) is 22.2 Å². The third-order valence-electron chi connectivity index (χ3n) is 5.06. The molecule has 1 aliphatic carbocycles. The standard InChI is InChI=1S/C24H27N3O4/c1-5-27(14-20(29)26-24(2,3)4)13-19(28)25-18-12-8-11-17-21(18)23(31)16-10-7-6-9-15(16)22(17)30/h6-12H,5,13-14H2,1-4H3,(H,25,28)(H,26,29)/p+1. The van der Waals surface area contributed by atoms with E-state index in [4.69, 9.17) is 0 Å². The fourth-order valence-corrected chi connectivity index (χ4v) is 3.67. The molecule has 2 amide bonds. The zero-order valence-electron chi connectivity index (χ0n) is 18.3. The molecule has 3 rings (SSSR count). The van der Waals surface area contributed by atoms with E-state index in [2.05, 4.69) is 10.6 Å². The van der Waals surface area contributed by atoms with E-state index in [0.29, 0.717) is 23.4 Å². The zero-order chi connectivity index (χ0) is 22.8. The molecule has 0 aromatic heterocycles. The number of benzene rings is 2. The van der Waals surface area contributed by atoms with Gasteiger partial charge in [-0.05, 0) is 33.8 Å². The first-order chi connectivity index (χ1) is 14.6. The minimum absolute atomic E-state index is 0.0659. The molecule has 0 saturated heterocycles. The Bertz CT molecular complexity index is 1050. The molecule has 0 saturated carbocycles. The predicted molar refractivity (Wildman–Crippen MR) is 118 cm³/mol. The number of carbonyl (C=O) groups excluding carboxylic acids is 4. The smallest absolute Gasteiger partial charge is 0.279 e. The molecule has 0 fully saturated rings. The van der Waals surface area contributed by atoms with Gasteiger partial charge >= 0.3 is 0 Å². The molecule has 2 aromatic carbocycles. The van der Waals surface area contributed by atoms with Crippen LogP contribution in [0.5, 0.6) is 0 Å². The number of quaternary nitrogens is 1. The van der Waals surface area contributed by atoms with Gasteiger partial charge in [0.1, 0.15) is 0 Å². The maximum atomic E-state index is 13.1. The lowest BCUT2D eigenvalue weighted by Crippen LogP contribution is -3.14. The lowest BCUT2D eigenvalue weighted by atomic mass is 9.83. The summed E-state index contributed by atoms with van der Waals surface area (Å²) in [5, 5.41) is 5.67. The molecule has 3 N–H and O–H groups in total. The van der Waals surface area contributed by atoms with E-state index in [1.807, 2.05) is 27.7 Å². The van der Waals surface area contributed by atoms with Gasteiger partial charge in [-0.2, -0.15) is 0 Å². The normalized spacial score (nSPS) is 13.8. The third kappa shape index (κ3) is 5.06. The number of carbonyl (C=O) groups is 4. The molecule has 1 atom stereocenters. The molecule has 31 heavy (non-hydrogen) atoms. The van der Waals surface area contributed by atoms with Gasteiger partial charge in [0.05, 0.1) is 17.8 Å². The van der Waals surface area contributed by atoms with Crippen LogP contribution in [0.15, 0.2) is 42.5 Å².